The highest BCUT2D eigenvalue weighted by atomic mass is 16.6. The molecule has 2 rings (SSSR count). The molecule has 0 bridgehead atoms. The highest BCUT2D eigenvalue weighted by molar-refractivity contribution is 5.56. The van der Waals surface area contributed by atoms with Crippen LogP contribution in [0.1, 0.15) is 25.7 Å². The molecule has 0 spiro atoms. The van der Waals surface area contributed by atoms with Crippen molar-refractivity contribution in [2.24, 2.45) is 0 Å². The van der Waals surface area contributed by atoms with Crippen LogP contribution in [-0.2, 0) is 0 Å². The maximum atomic E-state index is 11.0. The predicted octanol–water partition coefficient (Wildman–Crippen LogP) is 1.77. The molecule has 0 aliphatic carbocycles. The number of nitrogens with one attached hydrogen (secondary N) is 1. The van der Waals surface area contributed by atoms with Gasteiger partial charge in [0.1, 0.15) is 11.6 Å². The molecule has 110 valence electrons. The van der Waals surface area contributed by atoms with Crippen molar-refractivity contribution >= 4 is 17.3 Å². The van der Waals surface area contributed by atoms with Crippen molar-refractivity contribution in [1.82, 2.24) is 4.98 Å². The van der Waals surface area contributed by atoms with E-state index in [9.17, 15) is 15.2 Å². The molecule has 1 aromatic rings. The molecule has 1 aliphatic rings. The van der Waals surface area contributed by atoms with Crippen molar-refractivity contribution in [2.75, 3.05) is 30.4 Å². The van der Waals surface area contributed by atoms with E-state index in [1.165, 1.54) is 12.1 Å². The molecule has 1 aliphatic heterocycles. The van der Waals surface area contributed by atoms with E-state index < -0.39 is 4.92 Å². The predicted molar refractivity (Wildman–Crippen MR) is 77.1 cm³/mol. The number of nitrogens with zero attached hydrogens (tertiary/aromatic N) is 3. The monoisotopic (exact) mass is 280 g/mol. The Morgan fingerprint density at radius 3 is 2.95 bits per heavy atom. The normalized spacial score (nSPS) is 19.5. The van der Waals surface area contributed by atoms with Gasteiger partial charge >= 0.3 is 0 Å². The second-order valence-corrected chi connectivity index (χ2v) is 4.96. The molecule has 20 heavy (non-hydrogen) atoms. The largest absolute Gasteiger partial charge is 0.394 e. The molecule has 1 fully saturated rings. The van der Waals surface area contributed by atoms with E-state index in [0.29, 0.717) is 11.6 Å². The highest BCUT2D eigenvalue weighted by Crippen LogP contribution is 2.27. The van der Waals surface area contributed by atoms with Gasteiger partial charge in [0.25, 0.3) is 5.69 Å². The van der Waals surface area contributed by atoms with Crippen LogP contribution in [0.4, 0.5) is 17.3 Å². The number of aromatic nitrogens is 1. The second kappa shape index (κ2) is 6.51. The van der Waals surface area contributed by atoms with E-state index in [2.05, 4.69) is 10.3 Å². The van der Waals surface area contributed by atoms with Gasteiger partial charge < -0.3 is 15.3 Å². The Morgan fingerprint density at radius 2 is 2.30 bits per heavy atom. The minimum absolute atomic E-state index is 0.0142. The lowest BCUT2D eigenvalue weighted by molar-refractivity contribution is -0.384. The fraction of sp³-hybridized carbons (Fsp3) is 0.615. The number of hydrogen-bond donors (Lipinski definition) is 2. The molecular formula is C13H20N4O3. The van der Waals surface area contributed by atoms with Gasteiger partial charge in [0, 0.05) is 13.6 Å². The van der Waals surface area contributed by atoms with Crippen molar-refractivity contribution in [3.63, 3.8) is 0 Å². The topological polar surface area (TPSA) is 91.5 Å². The Hall–Kier alpha value is -1.89. The molecule has 0 saturated carbocycles. The van der Waals surface area contributed by atoms with Crippen molar-refractivity contribution < 1.29 is 10.0 Å². The van der Waals surface area contributed by atoms with Crippen molar-refractivity contribution in [2.45, 2.75) is 31.7 Å². The van der Waals surface area contributed by atoms with Gasteiger partial charge in [-0.1, -0.05) is 12.8 Å². The van der Waals surface area contributed by atoms with Crippen LogP contribution in [0.3, 0.4) is 0 Å². The first-order valence-corrected chi connectivity index (χ1v) is 6.87. The Labute approximate surface area is 117 Å². The smallest absolute Gasteiger partial charge is 0.276 e. The Kier molecular flexibility index (Phi) is 4.73. The lowest BCUT2D eigenvalue weighted by atomic mass is 10.1. The van der Waals surface area contributed by atoms with Gasteiger partial charge in [-0.3, -0.25) is 10.1 Å². The molecule has 1 saturated heterocycles. The summed E-state index contributed by atoms with van der Waals surface area (Å²) in [6.45, 7) is 0.807. The molecule has 7 heteroatoms. The minimum atomic E-state index is -0.419. The number of rotatable bonds is 4. The fourth-order valence-electron chi connectivity index (χ4n) is 2.55. The van der Waals surface area contributed by atoms with Gasteiger partial charge in [-0.25, -0.2) is 4.98 Å². The third-order valence-corrected chi connectivity index (χ3v) is 3.65. The molecule has 7 nitrogen and oxygen atoms in total. The zero-order valence-corrected chi connectivity index (χ0v) is 11.6. The summed E-state index contributed by atoms with van der Waals surface area (Å²) in [7, 11) is 1.68. The molecule has 0 aromatic carbocycles. The molecule has 2 heterocycles. The van der Waals surface area contributed by atoms with Gasteiger partial charge in [-0.05, 0) is 12.8 Å². The van der Waals surface area contributed by atoms with Crippen LogP contribution in [0, 0.1) is 10.1 Å². The quantitative estimate of drug-likeness (QED) is 0.645. The van der Waals surface area contributed by atoms with E-state index >= 15 is 0 Å². The lowest BCUT2D eigenvalue weighted by Crippen LogP contribution is -2.38. The summed E-state index contributed by atoms with van der Waals surface area (Å²) in [6.07, 6.45) is 4.07. The Morgan fingerprint density at radius 1 is 1.50 bits per heavy atom. The minimum Gasteiger partial charge on any atom is -0.394 e. The van der Waals surface area contributed by atoms with Crippen LogP contribution >= 0.6 is 0 Å². The number of aliphatic hydroxyl groups excluding tert-OH is 1. The van der Waals surface area contributed by atoms with E-state index in [1.54, 1.807) is 7.05 Å². The molecule has 1 aromatic heterocycles. The molecule has 1 unspecified atom stereocenters. The Balaban J connectivity index is 2.37. The summed E-state index contributed by atoms with van der Waals surface area (Å²) in [6, 6.07) is 2.88. The van der Waals surface area contributed by atoms with Gasteiger partial charge in [0.05, 0.1) is 29.7 Å². The van der Waals surface area contributed by atoms with Crippen molar-refractivity contribution in [3.05, 3.63) is 22.2 Å². The summed E-state index contributed by atoms with van der Waals surface area (Å²) < 4.78 is 0. The van der Waals surface area contributed by atoms with E-state index in [4.69, 9.17) is 0 Å². The first-order valence-electron chi connectivity index (χ1n) is 6.87. The third-order valence-electron chi connectivity index (χ3n) is 3.65. The molecule has 0 amide bonds. The maximum absolute atomic E-state index is 11.0. The Bertz CT molecular complexity index is 481. The maximum Gasteiger partial charge on any atom is 0.276 e. The molecule has 2 N–H and O–H groups in total. The van der Waals surface area contributed by atoms with Crippen LogP contribution in [0.25, 0.3) is 0 Å². The number of anilines is 2. The van der Waals surface area contributed by atoms with Gasteiger partial charge in [0.15, 0.2) is 0 Å². The molecule has 1 atom stereocenters. The third kappa shape index (κ3) is 3.16. The first-order chi connectivity index (χ1) is 9.65. The standard InChI is InChI=1S/C13H20N4O3/c1-14-12-7-11(17(19)20)8-13(15-12)16-6-4-2-3-5-10(16)9-18/h7-8,10,18H,2-6,9H2,1H3,(H,14,15). The average molecular weight is 280 g/mol. The summed E-state index contributed by atoms with van der Waals surface area (Å²) in [5.74, 6) is 1.03. The summed E-state index contributed by atoms with van der Waals surface area (Å²) >= 11 is 0. The molecule has 0 radical (unpaired) electrons. The van der Waals surface area contributed by atoms with Crippen LogP contribution in [0.5, 0.6) is 0 Å². The van der Waals surface area contributed by atoms with E-state index in [-0.39, 0.29) is 18.3 Å². The van der Waals surface area contributed by atoms with E-state index in [0.717, 1.165) is 32.2 Å². The van der Waals surface area contributed by atoms with Crippen LogP contribution < -0.4 is 10.2 Å². The summed E-state index contributed by atoms with van der Waals surface area (Å²) in [5, 5.41) is 23.4. The SMILES string of the molecule is CNc1cc([N+](=O)[O-])cc(N2CCCCCC2CO)n1. The van der Waals surface area contributed by atoms with Crippen molar-refractivity contribution in [1.29, 1.82) is 0 Å². The summed E-state index contributed by atoms with van der Waals surface area (Å²) in [5.41, 5.74) is 0.0142. The van der Waals surface area contributed by atoms with Crippen LogP contribution in [-0.4, -0.2) is 41.3 Å². The number of hydrogen-bond acceptors (Lipinski definition) is 6. The molecular weight excluding hydrogens is 260 g/mol. The summed E-state index contributed by atoms with van der Waals surface area (Å²) in [4.78, 5) is 17.0. The number of pyridine rings is 1. The van der Waals surface area contributed by atoms with Crippen molar-refractivity contribution in [3.8, 4) is 0 Å². The first kappa shape index (κ1) is 14.5. The zero-order valence-electron chi connectivity index (χ0n) is 11.6. The average Bonchev–Trinajstić information content (AvgIpc) is 2.71. The number of nitro groups is 1. The van der Waals surface area contributed by atoms with Gasteiger partial charge in [0.2, 0.25) is 0 Å². The van der Waals surface area contributed by atoms with Gasteiger partial charge in [-0.2, -0.15) is 0 Å². The fourth-order valence-corrected chi connectivity index (χ4v) is 2.55. The van der Waals surface area contributed by atoms with Gasteiger partial charge in [-0.15, -0.1) is 0 Å². The van der Waals surface area contributed by atoms with Crippen LogP contribution in [0.2, 0.25) is 0 Å². The highest BCUT2D eigenvalue weighted by Gasteiger charge is 2.23. The lowest BCUT2D eigenvalue weighted by Gasteiger charge is -2.29. The zero-order chi connectivity index (χ0) is 14.5. The van der Waals surface area contributed by atoms with Crippen LogP contribution in [0.15, 0.2) is 12.1 Å². The second-order valence-electron chi connectivity index (χ2n) is 4.96. The number of aliphatic hydroxyl groups is 1. The van der Waals surface area contributed by atoms with E-state index in [1.807, 2.05) is 4.90 Å².